The summed E-state index contributed by atoms with van der Waals surface area (Å²) in [4.78, 5) is 2.34. The van der Waals surface area contributed by atoms with E-state index in [1.54, 1.807) is 0 Å². The molecule has 288 valence electrons. The van der Waals surface area contributed by atoms with Crippen LogP contribution in [0.3, 0.4) is 0 Å². The van der Waals surface area contributed by atoms with Crippen LogP contribution in [0.15, 0.2) is 231 Å². The van der Waals surface area contributed by atoms with E-state index in [2.05, 4.69) is 240 Å². The number of ether oxygens (including phenoxy) is 1. The van der Waals surface area contributed by atoms with Gasteiger partial charge in [0.2, 0.25) is 0 Å². The molecule has 61 heavy (non-hydrogen) atoms. The van der Waals surface area contributed by atoms with E-state index in [0.29, 0.717) is 0 Å². The van der Waals surface area contributed by atoms with Crippen LogP contribution in [0.2, 0.25) is 0 Å². The van der Waals surface area contributed by atoms with Gasteiger partial charge in [0.1, 0.15) is 11.9 Å². The van der Waals surface area contributed by atoms with Crippen LogP contribution in [-0.2, 0) is 0 Å². The van der Waals surface area contributed by atoms with Crippen LogP contribution in [0.1, 0.15) is 11.5 Å². The Bertz CT molecular complexity index is 3340. The van der Waals surface area contributed by atoms with Crippen molar-refractivity contribution in [3.63, 3.8) is 0 Å². The Labute approximate surface area is 355 Å². The first-order chi connectivity index (χ1) is 30.2. The highest BCUT2D eigenvalue weighted by Crippen LogP contribution is 2.46. The van der Waals surface area contributed by atoms with Crippen molar-refractivity contribution >= 4 is 49.6 Å². The normalized spacial score (nSPS) is 15.2. The molecule has 1 aliphatic heterocycles. The third-order valence-electron chi connectivity index (χ3n) is 12.5. The van der Waals surface area contributed by atoms with Gasteiger partial charge in [-0.15, -0.1) is 0 Å². The second-order valence-electron chi connectivity index (χ2n) is 16.1. The number of rotatable bonds is 7. The van der Waals surface area contributed by atoms with Crippen LogP contribution >= 0.6 is 0 Å². The third kappa shape index (κ3) is 6.13. The van der Waals surface area contributed by atoms with Gasteiger partial charge >= 0.3 is 0 Å². The Hall–Kier alpha value is -7.88. The Balaban J connectivity index is 0.910. The summed E-state index contributed by atoms with van der Waals surface area (Å²) in [7, 11) is 0. The fraction of sp³-hybridized carbons (Fsp3) is 0.0345. The van der Waals surface area contributed by atoms with Crippen molar-refractivity contribution in [1.82, 2.24) is 4.57 Å². The maximum Gasteiger partial charge on any atom is 0.128 e. The Morgan fingerprint density at radius 2 is 1.00 bits per heavy atom. The van der Waals surface area contributed by atoms with E-state index in [0.717, 1.165) is 28.5 Å². The summed E-state index contributed by atoms with van der Waals surface area (Å²) in [6.45, 7) is 0. The van der Waals surface area contributed by atoms with Gasteiger partial charge in [0.05, 0.1) is 11.0 Å². The number of fused-ring (bicyclic) bond motifs is 7. The highest BCUT2D eigenvalue weighted by atomic mass is 16.5. The fourth-order valence-corrected chi connectivity index (χ4v) is 9.47. The summed E-state index contributed by atoms with van der Waals surface area (Å²) in [6.07, 6.45) is 8.65. The molecule has 2 heterocycles. The van der Waals surface area contributed by atoms with Gasteiger partial charge in [-0.2, -0.15) is 0 Å². The van der Waals surface area contributed by atoms with Crippen LogP contribution in [0.4, 0.5) is 17.1 Å². The van der Waals surface area contributed by atoms with Crippen LogP contribution in [-0.4, -0.2) is 10.7 Å². The highest BCUT2D eigenvalue weighted by molar-refractivity contribution is 6.10. The van der Waals surface area contributed by atoms with Gasteiger partial charge in [-0.05, 0) is 123 Å². The SMILES string of the molecule is C1=CC2Oc3cc(N(c4ccc(-c5cccc(-c6ccc7ccccc7c6)c5)cc4)c4ccc(-c5ccc6c(c5)c5ccccc5n6-c5ccccc5)cc4)ccc3C2C=C1. The number of para-hydroxylation sites is 2. The number of aromatic nitrogens is 1. The quantitative estimate of drug-likeness (QED) is 0.160. The Morgan fingerprint density at radius 3 is 1.80 bits per heavy atom. The molecule has 0 amide bonds. The van der Waals surface area contributed by atoms with Crippen molar-refractivity contribution in [2.45, 2.75) is 12.0 Å². The summed E-state index contributed by atoms with van der Waals surface area (Å²) >= 11 is 0. The molecular formula is C58H40N2O. The molecule has 1 aliphatic carbocycles. The molecule has 0 fully saturated rings. The number of nitrogens with zero attached hydrogens (tertiary/aromatic N) is 2. The second kappa shape index (κ2) is 14.4. The standard InChI is InChI=1S/C58H40N2O/c1-2-15-47(16-3-1)60-55-19-8-6-17-51(55)54-37-46(27-34-56(54)60)41-25-30-49(31-26-41)59(50-32-33-53-52-18-7-9-20-57(52)61-58(53)38-50)48-28-23-40(24-29-48)43-13-10-14-44(35-43)45-22-21-39-11-4-5-12-42(39)36-45/h1-38,52,57H. The average molecular weight is 781 g/mol. The van der Waals surface area contributed by atoms with Crippen LogP contribution < -0.4 is 9.64 Å². The van der Waals surface area contributed by atoms with Crippen LogP contribution in [0, 0.1) is 0 Å². The number of anilines is 3. The van der Waals surface area contributed by atoms with Gasteiger partial charge < -0.3 is 14.2 Å². The molecule has 2 aliphatic rings. The summed E-state index contributed by atoms with van der Waals surface area (Å²) in [6, 6.07) is 75.0. The highest BCUT2D eigenvalue weighted by Gasteiger charge is 2.32. The van der Waals surface area contributed by atoms with Gasteiger partial charge in [-0.1, -0.05) is 146 Å². The summed E-state index contributed by atoms with van der Waals surface area (Å²) in [5.41, 5.74) is 15.2. The fourth-order valence-electron chi connectivity index (χ4n) is 9.47. The van der Waals surface area contributed by atoms with Crippen molar-refractivity contribution in [2.75, 3.05) is 4.90 Å². The van der Waals surface area contributed by atoms with E-state index in [4.69, 9.17) is 4.74 Å². The summed E-state index contributed by atoms with van der Waals surface area (Å²) in [5.74, 6) is 1.18. The van der Waals surface area contributed by atoms with Crippen LogP contribution in [0.25, 0.3) is 71.6 Å². The zero-order valence-corrected chi connectivity index (χ0v) is 33.4. The molecule has 0 saturated carbocycles. The van der Waals surface area contributed by atoms with E-state index in [9.17, 15) is 0 Å². The maximum absolute atomic E-state index is 6.53. The van der Waals surface area contributed by atoms with Gasteiger partial charge in [0.25, 0.3) is 0 Å². The van der Waals surface area contributed by atoms with E-state index in [1.807, 2.05) is 0 Å². The zero-order chi connectivity index (χ0) is 40.3. The Morgan fingerprint density at radius 1 is 0.393 bits per heavy atom. The number of allylic oxidation sites excluding steroid dienone is 2. The third-order valence-corrected chi connectivity index (χ3v) is 12.5. The van der Waals surface area contributed by atoms with Crippen molar-refractivity contribution in [1.29, 1.82) is 0 Å². The van der Waals surface area contributed by atoms with Gasteiger partial charge in [0.15, 0.2) is 0 Å². The summed E-state index contributed by atoms with van der Waals surface area (Å²) < 4.78 is 8.89. The van der Waals surface area contributed by atoms with Gasteiger partial charge in [0, 0.05) is 51.1 Å². The maximum atomic E-state index is 6.53. The predicted octanol–water partition coefficient (Wildman–Crippen LogP) is 15.4. The van der Waals surface area contributed by atoms with E-state index in [1.165, 1.54) is 71.5 Å². The molecule has 3 heteroatoms. The van der Waals surface area contributed by atoms with Gasteiger partial charge in [-0.3, -0.25) is 0 Å². The minimum absolute atomic E-state index is 0.0340. The number of hydrogen-bond acceptors (Lipinski definition) is 2. The molecule has 0 N–H and O–H groups in total. The molecule has 1 aromatic heterocycles. The average Bonchev–Trinajstić information content (AvgIpc) is 3.87. The minimum atomic E-state index is 0.0340. The number of benzene rings is 9. The molecule has 0 bridgehead atoms. The molecular weight excluding hydrogens is 741 g/mol. The van der Waals surface area contributed by atoms with Gasteiger partial charge in [-0.25, -0.2) is 0 Å². The molecule has 2 atom stereocenters. The largest absolute Gasteiger partial charge is 0.485 e. The molecule has 9 aromatic carbocycles. The second-order valence-corrected chi connectivity index (χ2v) is 16.1. The lowest BCUT2D eigenvalue weighted by atomic mass is 9.92. The molecule has 12 rings (SSSR count). The first-order valence-corrected chi connectivity index (χ1v) is 21.1. The predicted molar refractivity (Wildman–Crippen MR) is 255 cm³/mol. The minimum Gasteiger partial charge on any atom is -0.485 e. The van der Waals surface area contributed by atoms with E-state index < -0.39 is 0 Å². The first-order valence-electron chi connectivity index (χ1n) is 21.1. The first kappa shape index (κ1) is 35.1. The van der Waals surface area contributed by atoms with Crippen molar-refractivity contribution in [2.24, 2.45) is 0 Å². The molecule has 2 unspecified atom stereocenters. The Kier molecular flexibility index (Phi) is 8.31. The van der Waals surface area contributed by atoms with Crippen molar-refractivity contribution in [3.8, 4) is 44.8 Å². The smallest absolute Gasteiger partial charge is 0.128 e. The lowest BCUT2D eigenvalue weighted by Gasteiger charge is -2.26. The monoisotopic (exact) mass is 780 g/mol. The molecule has 0 saturated heterocycles. The molecule has 0 radical (unpaired) electrons. The van der Waals surface area contributed by atoms with Crippen molar-refractivity contribution in [3.05, 3.63) is 236 Å². The molecule has 10 aromatic rings. The number of hydrogen-bond donors (Lipinski definition) is 0. The topological polar surface area (TPSA) is 17.4 Å². The van der Waals surface area contributed by atoms with Crippen LogP contribution in [0.5, 0.6) is 5.75 Å². The zero-order valence-electron chi connectivity index (χ0n) is 33.4. The van der Waals surface area contributed by atoms with E-state index >= 15 is 0 Å². The van der Waals surface area contributed by atoms with Crippen molar-refractivity contribution < 1.29 is 4.74 Å². The lowest BCUT2D eigenvalue weighted by molar-refractivity contribution is 0.269. The summed E-state index contributed by atoms with van der Waals surface area (Å²) in [5, 5.41) is 5.00. The van der Waals surface area contributed by atoms with E-state index in [-0.39, 0.29) is 12.0 Å². The molecule has 0 spiro atoms. The molecule has 3 nitrogen and oxygen atoms in total. The lowest BCUT2D eigenvalue weighted by Crippen LogP contribution is -2.15.